The van der Waals surface area contributed by atoms with Crippen LogP contribution in [0.5, 0.6) is 0 Å². The largest absolute Gasteiger partial charge is 0.395 e. The van der Waals surface area contributed by atoms with Crippen LogP contribution in [0.15, 0.2) is 36.7 Å². The number of halogens is 3. The van der Waals surface area contributed by atoms with Gasteiger partial charge < -0.3 is 5.32 Å². The molecule has 1 amide bonds. The molecule has 4 rings (SSSR count). The van der Waals surface area contributed by atoms with Crippen LogP contribution >= 0.6 is 0 Å². The topological polar surface area (TPSA) is 75.6 Å². The highest BCUT2D eigenvalue weighted by Crippen LogP contribution is 2.42. The Morgan fingerprint density at radius 2 is 2.14 bits per heavy atom. The van der Waals surface area contributed by atoms with Crippen molar-refractivity contribution >= 4 is 16.8 Å². The minimum atomic E-state index is -4.37. The molecule has 3 atom stereocenters. The van der Waals surface area contributed by atoms with Gasteiger partial charge in [-0.15, -0.1) is 0 Å². The number of rotatable bonds is 4. The van der Waals surface area contributed by atoms with Gasteiger partial charge in [-0.2, -0.15) is 23.4 Å². The first-order valence-corrected chi connectivity index (χ1v) is 9.12. The molecule has 148 valence electrons. The number of carbonyl (C=O) groups is 1. The Labute approximate surface area is 159 Å². The lowest BCUT2D eigenvalue weighted by atomic mass is 9.83. The highest BCUT2D eigenvalue weighted by Gasteiger charge is 2.46. The third-order valence-electron chi connectivity index (χ3n) is 5.28. The molecule has 0 saturated carbocycles. The van der Waals surface area contributed by atoms with Gasteiger partial charge in [0.15, 0.2) is 0 Å². The first-order chi connectivity index (χ1) is 13.3. The standard InChI is InChI=1S/C19H20F3N5O/c1-11(10-27-17-5-3-2-4-12(17)8-24-27)18(28)25-13-6-15(19(20,21)22)14-9-23-26-16(14)7-13/h2-5,8-9,11,13,15H,6-7,10H2,1H3,(H,23,26)(H,25,28). The predicted molar refractivity (Wildman–Crippen MR) is 96.5 cm³/mol. The van der Waals surface area contributed by atoms with Crippen LogP contribution in [-0.4, -0.2) is 38.1 Å². The Morgan fingerprint density at radius 1 is 1.36 bits per heavy atom. The summed E-state index contributed by atoms with van der Waals surface area (Å²) in [5.41, 5.74) is 1.53. The van der Waals surface area contributed by atoms with E-state index in [1.807, 2.05) is 24.3 Å². The zero-order chi connectivity index (χ0) is 19.9. The average Bonchev–Trinajstić information content (AvgIpc) is 3.27. The van der Waals surface area contributed by atoms with Crippen molar-refractivity contribution < 1.29 is 18.0 Å². The number of nitrogens with zero attached hydrogens (tertiary/aromatic N) is 3. The van der Waals surface area contributed by atoms with Crippen LogP contribution in [0.3, 0.4) is 0 Å². The van der Waals surface area contributed by atoms with E-state index < -0.39 is 24.1 Å². The maximum Gasteiger partial charge on any atom is 0.395 e. The predicted octanol–water partition coefficient (Wildman–Crippen LogP) is 3.17. The molecular weight excluding hydrogens is 371 g/mol. The van der Waals surface area contributed by atoms with Crippen LogP contribution in [0.2, 0.25) is 0 Å². The van der Waals surface area contributed by atoms with Gasteiger partial charge in [0.1, 0.15) is 0 Å². The first-order valence-electron chi connectivity index (χ1n) is 9.12. The zero-order valence-corrected chi connectivity index (χ0v) is 15.2. The van der Waals surface area contributed by atoms with Crippen molar-refractivity contribution in [2.75, 3.05) is 0 Å². The molecule has 0 bridgehead atoms. The SMILES string of the molecule is CC(Cn1ncc2ccccc21)C(=O)NC1Cc2[nH]ncc2C(C(F)(F)F)C1. The van der Waals surface area contributed by atoms with Crippen molar-refractivity contribution in [1.29, 1.82) is 0 Å². The van der Waals surface area contributed by atoms with Crippen LogP contribution < -0.4 is 5.32 Å². The quantitative estimate of drug-likeness (QED) is 0.717. The van der Waals surface area contributed by atoms with Crippen molar-refractivity contribution in [3.8, 4) is 0 Å². The molecule has 0 spiro atoms. The molecule has 3 unspecified atom stereocenters. The van der Waals surface area contributed by atoms with E-state index in [0.29, 0.717) is 18.7 Å². The molecular formula is C19H20F3N5O. The molecule has 3 aromatic rings. The monoisotopic (exact) mass is 391 g/mol. The number of fused-ring (bicyclic) bond motifs is 2. The minimum absolute atomic E-state index is 0.175. The maximum absolute atomic E-state index is 13.4. The summed E-state index contributed by atoms with van der Waals surface area (Å²) in [7, 11) is 0. The van der Waals surface area contributed by atoms with Crippen LogP contribution in [0.4, 0.5) is 13.2 Å². The molecule has 2 N–H and O–H groups in total. The maximum atomic E-state index is 13.4. The average molecular weight is 391 g/mol. The van der Waals surface area contributed by atoms with Gasteiger partial charge in [0.25, 0.3) is 0 Å². The molecule has 2 aromatic heterocycles. The lowest BCUT2D eigenvalue weighted by molar-refractivity contribution is -0.155. The number of amides is 1. The third-order valence-corrected chi connectivity index (χ3v) is 5.28. The molecule has 1 aromatic carbocycles. The van der Waals surface area contributed by atoms with Gasteiger partial charge in [-0.1, -0.05) is 25.1 Å². The summed E-state index contributed by atoms with van der Waals surface area (Å²) in [6, 6.07) is 7.07. The number of nitrogens with one attached hydrogen (secondary N) is 2. The Hall–Kier alpha value is -2.84. The number of para-hydroxylation sites is 1. The van der Waals surface area contributed by atoms with E-state index in [1.54, 1.807) is 17.8 Å². The Bertz CT molecular complexity index is 993. The number of aromatic amines is 1. The molecule has 1 aliphatic rings. The summed E-state index contributed by atoms with van der Waals surface area (Å²) in [6.07, 6.45) is -1.28. The number of hydrogen-bond donors (Lipinski definition) is 2. The number of alkyl halides is 3. The van der Waals surface area contributed by atoms with Crippen molar-refractivity contribution in [3.05, 3.63) is 47.9 Å². The van der Waals surface area contributed by atoms with Crippen LogP contribution in [0.25, 0.3) is 10.9 Å². The first kappa shape index (κ1) is 18.5. The molecule has 0 fully saturated rings. The van der Waals surface area contributed by atoms with Gasteiger partial charge in [0.05, 0.1) is 36.3 Å². The summed E-state index contributed by atoms with van der Waals surface area (Å²) in [4.78, 5) is 12.6. The Kier molecular flexibility index (Phi) is 4.60. The summed E-state index contributed by atoms with van der Waals surface area (Å²) >= 11 is 0. The van der Waals surface area contributed by atoms with Gasteiger partial charge in [-0.25, -0.2) is 0 Å². The zero-order valence-electron chi connectivity index (χ0n) is 15.2. The summed E-state index contributed by atoms with van der Waals surface area (Å²) in [5, 5.41) is 14.4. The number of H-pyrrole nitrogens is 1. The summed E-state index contributed by atoms with van der Waals surface area (Å²) in [5.74, 6) is -2.34. The Balaban J connectivity index is 1.45. The van der Waals surface area contributed by atoms with Gasteiger partial charge >= 0.3 is 6.18 Å². The minimum Gasteiger partial charge on any atom is -0.353 e. The van der Waals surface area contributed by atoms with E-state index in [2.05, 4.69) is 20.6 Å². The van der Waals surface area contributed by atoms with Gasteiger partial charge in [0.2, 0.25) is 5.91 Å². The van der Waals surface area contributed by atoms with E-state index in [-0.39, 0.29) is 17.9 Å². The lowest BCUT2D eigenvalue weighted by Gasteiger charge is -2.31. The van der Waals surface area contributed by atoms with E-state index in [1.165, 1.54) is 6.20 Å². The van der Waals surface area contributed by atoms with Crippen molar-refractivity contribution in [2.24, 2.45) is 5.92 Å². The van der Waals surface area contributed by atoms with Crippen molar-refractivity contribution in [3.63, 3.8) is 0 Å². The fourth-order valence-electron chi connectivity index (χ4n) is 3.80. The van der Waals surface area contributed by atoms with Crippen molar-refractivity contribution in [1.82, 2.24) is 25.3 Å². The number of benzene rings is 1. The molecule has 2 heterocycles. The molecule has 0 aliphatic heterocycles. The second-order valence-electron chi connectivity index (χ2n) is 7.33. The highest BCUT2D eigenvalue weighted by molar-refractivity contribution is 5.80. The van der Waals surface area contributed by atoms with Crippen LogP contribution in [0, 0.1) is 5.92 Å². The van der Waals surface area contributed by atoms with Crippen molar-refractivity contribution in [2.45, 2.75) is 44.4 Å². The van der Waals surface area contributed by atoms with Gasteiger partial charge in [0, 0.05) is 29.1 Å². The fourth-order valence-corrected chi connectivity index (χ4v) is 3.80. The molecule has 0 saturated heterocycles. The number of aromatic nitrogens is 4. The second kappa shape index (κ2) is 6.96. The molecule has 0 radical (unpaired) electrons. The summed E-state index contributed by atoms with van der Waals surface area (Å²) < 4.78 is 41.9. The van der Waals surface area contributed by atoms with Gasteiger partial charge in [-0.05, 0) is 12.5 Å². The van der Waals surface area contributed by atoms with E-state index in [4.69, 9.17) is 0 Å². The number of carbonyl (C=O) groups excluding carboxylic acids is 1. The van der Waals surface area contributed by atoms with E-state index >= 15 is 0 Å². The fraction of sp³-hybridized carbons (Fsp3) is 0.421. The molecule has 28 heavy (non-hydrogen) atoms. The van der Waals surface area contributed by atoms with E-state index in [9.17, 15) is 18.0 Å². The Morgan fingerprint density at radius 3 is 2.93 bits per heavy atom. The van der Waals surface area contributed by atoms with Gasteiger partial charge in [-0.3, -0.25) is 14.6 Å². The van der Waals surface area contributed by atoms with Crippen LogP contribution in [0.1, 0.15) is 30.5 Å². The van der Waals surface area contributed by atoms with Crippen LogP contribution in [-0.2, 0) is 17.8 Å². The number of hydrogen-bond acceptors (Lipinski definition) is 3. The lowest BCUT2D eigenvalue weighted by Crippen LogP contribution is -2.45. The second-order valence-corrected chi connectivity index (χ2v) is 7.33. The summed E-state index contributed by atoms with van der Waals surface area (Å²) in [6.45, 7) is 2.10. The smallest absolute Gasteiger partial charge is 0.353 e. The normalized spacial score (nSPS) is 20.7. The molecule has 6 nitrogen and oxygen atoms in total. The molecule has 9 heteroatoms. The highest BCUT2D eigenvalue weighted by atomic mass is 19.4. The third kappa shape index (κ3) is 3.48. The van der Waals surface area contributed by atoms with E-state index in [0.717, 1.165) is 10.9 Å². The molecule has 1 aliphatic carbocycles.